The molecular formula is C19H16ClF2NO2S. The SMILES string of the molecule is C/C(=C\C(=C/S)c1ccc(Cl)cc1)COc1ccc(F)c(C(N)=O)c1F. The number of nitrogens with two attached hydrogens (primary N) is 1. The Balaban J connectivity index is 2.16. The number of amides is 1. The Labute approximate surface area is 160 Å². The van der Waals surface area contributed by atoms with Crippen LogP contribution >= 0.6 is 24.2 Å². The number of benzene rings is 2. The monoisotopic (exact) mass is 395 g/mol. The van der Waals surface area contributed by atoms with Gasteiger partial charge in [0.05, 0.1) is 0 Å². The van der Waals surface area contributed by atoms with Gasteiger partial charge in [0.1, 0.15) is 18.0 Å². The third kappa shape index (κ3) is 4.86. The van der Waals surface area contributed by atoms with Crippen LogP contribution < -0.4 is 10.5 Å². The quantitative estimate of drug-likeness (QED) is 0.533. The number of allylic oxidation sites excluding steroid dienone is 2. The van der Waals surface area contributed by atoms with Crippen LogP contribution in [0.3, 0.4) is 0 Å². The third-order valence-electron chi connectivity index (χ3n) is 3.48. The Morgan fingerprint density at radius 2 is 1.88 bits per heavy atom. The van der Waals surface area contributed by atoms with Gasteiger partial charge < -0.3 is 10.5 Å². The van der Waals surface area contributed by atoms with Crippen LogP contribution in [0.15, 0.2) is 53.5 Å². The lowest BCUT2D eigenvalue weighted by atomic mass is 10.1. The first kappa shape index (κ1) is 20.0. The number of primary amides is 1. The lowest BCUT2D eigenvalue weighted by Crippen LogP contribution is -2.16. The second-order valence-corrected chi connectivity index (χ2v) is 6.16. The summed E-state index contributed by atoms with van der Waals surface area (Å²) in [5.74, 6) is -3.60. The Bertz CT molecular complexity index is 880. The van der Waals surface area contributed by atoms with Gasteiger partial charge in [-0.2, -0.15) is 12.6 Å². The van der Waals surface area contributed by atoms with Crippen LogP contribution in [-0.4, -0.2) is 12.5 Å². The van der Waals surface area contributed by atoms with E-state index >= 15 is 0 Å². The van der Waals surface area contributed by atoms with E-state index in [0.717, 1.165) is 28.8 Å². The van der Waals surface area contributed by atoms with E-state index < -0.39 is 23.1 Å². The van der Waals surface area contributed by atoms with Crippen LogP contribution in [0.4, 0.5) is 8.78 Å². The molecule has 2 rings (SSSR count). The van der Waals surface area contributed by atoms with Crippen LogP contribution in [-0.2, 0) is 0 Å². The Kier molecular flexibility index (Phi) is 6.83. The molecule has 0 radical (unpaired) electrons. The van der Waals surface area contributed by atoms with Crippen LogP contribution in [0.5, 0.6) is 5.75 Å². The van der Waals surface area contributed by atoms with Gasteiger partial charge in [-0.1, -0.05) is 29.8 Å². The number of carbonyl (C=O) groups is 1. The maximum Gasteiger partial charge on any atom is 0.254 e. The Morgan fingerprint density at radius 3 is 2.46 bits per heavy atom. The molecule has 0 unspecified atom stereocenters. The van der Waals surface area contributed by atoms with Crippen LogP contribution in [0.2, 0.25) is 5.02 Å². The van der Waals surface area contributed by atoms with E-state index in [0.29, 0.717) is 5.02 Å². The molecule has 0 saturated carbocycles. The van der Waals surface area contributed by atoms with Crippen LogP contribution in [0.1, 0.15) is 22.8 Å². The highest BCUT2D eigenvalue weighted by atomic mass is 35.5. The summed E-state index contributed by atoms with van der Waals surface area (Å²) in [6.45, 7) is 1.81. The van der Waals surface area contributed by atoms with Crippen molar-refractivity contribution in [2.24, 2.45) is 5.73 Å². The zero-order valence-electron chi connectivity index (χ0n) is 13.8. The van der Waals surface area contributed by atoms with Gasteiger partial charge in [-0.15, -0.1) is 0 Å². The smallest absolute Gasteiger partial charge is 0.254 e. The van der Waals surface area contributed by atoms with E-state index in [4.69, 9.17) is 22.1 Å². The average molecular weight is 396 g/mol. The van der Waals surface area contributed by atoms with Gasteiger partial charge in [-0.25, -0.2) is 8.78 Å². The fourth-order valence-electron chi connectivity index (χ4n) is 2.21. The molecule has 136 valence electrons. The van der Waals surface area contributed by atoms with E-state index in [1.165, 1.54) is 0 Å². The molecule has 0 aliphatic rings. The molecule has 0 spiro atoms. The lowest BCUT2D eigenvalue weighted by molar-refractivity contribution is 0.0991. The van der Waals surface area contributed by atoms with Crippen molar-refractivity contribution < 1.29 is 18.3 Å². The number of thiol groups is 1. The number of hydrogen-bond acceptors (Lipinski definition) is 3. The summed E-state index contributed by atoms with van der Waals surface area (Å²) in [6, 6.07) is 9.24. The molecular weight excluding hydrogens is 380 g/mol. The maximum atomic E-state index is 14.1. The zero-order valence-corrected chi connectivity index (χ0v) is 15.5. The number of rotatable bonds is 6. The number of carbonyl (C=O) groups excluding carboxylic acids is 1. The lowest BCUT2D eigenvalue weighted by Gasteiger charge is -2.11. The van der Waals surface area contributed by atoms with Crippen molar-refractivity contribution >= 4 is 35.7 Å². The minimum atomic E-state index is -1.19. The highest BCUT2D eigenvalue weighted by Gasteiger charge is 2.19. The second-order valence-electron chi connectivity index (χ2n) is 5.47. The average Bonchev–Trinajstić information content (AvgIpc) is 2.59. The fraction of sp³-hybridized carbons (Fsp3) is 0.105. The van der Waals surface area contributed by atoms with Crippen molar-refractivity contribution in [2.45, 2.75) is 6.92 Å². The van der Waals surface area contributed by atoms with Crippen molar-refractivity contribution in [3.63, 3.8) is 0 Å². The van der Waals surface area contributed by atoms with Gasteiger partial charge in [0.15, 0.2) is 11.6 Å². The maximum absolute atomic E-state index is 14.1. The van der Waals surface area contributed by atoms with Crippen molar-refractivity contribution in [1.29, 1.82) is 0 Å². The first-order valence-electron chi connectivity index (χ1n) is 7.51. The van der Waals surface area contributed by atoms with Crippen molar-refractivity contribution in [3.05, 3.63) is 81.2 Å². The summed E-state index contributed by atoms with van der Waals surface area (Å²) >= 11 is 10.1. The Morgan fingerprint density at radius 1 is 1.23 bits per heavy atom. The molecule has 0 aromatic heterocycles. The Hall–Kier alpha value is -2.31. The van der Waals surface area contributed by atoms with Crippen molar-refractivity contribution in [2.75, 3.05) is 6.61 Å². The molecule has 26 heavy (non-hydrogen) atoms. The highest BCUT2D eigenvalue weighted by molar-refractivity contribution is 7.83. The number of ether oxygens (including phenoxy) is 1. The summed E-state index contributed by atoms with van der Waals surface area (Å²) in [6.07, 6.45) is 1.81. The molecule has 0 aliphatic carbocycles. The second kappa shape index (κ2) is 8.87. The molecule has 0 heterocycles. The molecule has 2 aromatic carbocycles. The fourth-order valence-corrected chi connectivity index (χ4v) is 2.56. The highest BCUT2D eigenvalue weighted by Crippen LogP contribution is 2.24. The van der Waals surface area contributed by atoms with Gasteiger partial charge in [-0.05, 0) is 53.3 Å². The molecule has 0 bridgehead atoms. The summed E-state index contributed by atoms with van der Waals surface area (Å²) in [4.78, 5) is 11.1. The predicted octanol–water partition coefficient (Wildman–Crippen LogP) is 5.01. The van der Waals surface area contributed by atoms with E-state index in [-0.39, 0.29) is 12.4 Å². The van der Waals surface area contributed by atoms with Crippen LogP contribution in [0.25, 0.3) is 5.57 Å². The predicted molar refractivity (Wildman–Crippen MR) is 103 cm³/mol. The minimum absolute atomic E-state index is 0.0272. The van der Waals surface area contributed by atoms with E-state index in [1.807, 2.05) is 18.2 Å². The van der Waals surface area contributed by atoms with Crippen molar-refractivity contribution in [3.8, 4) is 5.75 Å². The largest absolute Gasteiger partial charge is 0.486 e. The van der Waals surface area contributed by atoms with Crippen LogP contribution in [0, 0.1) is 11.6 Å². The molecule has 7 heteroatoms. The van der Waals surface area contributed by atoms with Gasteiger partial charge in [-0.3, -0.25) is 4.79 Å². The van der Waals surface area contributed by atoms with E-state index in [2.05, 4.69) is 12.6 Å². The number of hydrogen-bond donors (Lipinski definition) is 2. The summed E-state index contributed by atoms with van der Waals surface area (Å²) in [5, 5.41) is 2.24. The first-order valence-corrected chi connectivity index (χ1v) is 8.41. The summed E-state index contributed by atoms with van der Waals surface area (Å²) in [5.41, 5.74) is 6.63. The molecule has 2 N–H and O–H groups in total. The van der Waals surface area contributed by atoms with Gasteiger partial charge in [0, 0.05) is 5.02 Å². The number of halogens is 3. The molecule has 3 nitrogen and oxygen atoms in total. The van der Waals surface area contributed by atoms with E-state index in [9.17, 15) is 13.6 Å². The molecule has 0 fully saturated rings. The normalized spacial score (nSPS) is 12.2. The standard InChI is InChI=1S/C19H16ClF2NO2S/c1-11(8-13(10-26)12-2-4-14(20)5-3-12)9-25-16-7-6-15(21)17(18(16)22)19(23)24/h2-8,10,26H,9H2,1H3,(H2,23,24)/b11-8+,13-10+. The third-order valence-corrected chi connectivity index (χ3v) is 4.01. The topological polar surface area (TPSA) is 52.3 Å². The first-order chi connectivity index (χ1) is 12.3. The molecule has 0 aliphatic heterocycles. The molecule has 0 atom stereocenters. The van der Waals surface area contributed by atoms with Gasteiger partial charge in [0.25, 0.3) is 5.91 Å². The molecule has 2 aromatic rings. The zero-order chi connectivity index (χ0) is 19.3. The molecule has 0 saturated heterocycles. The molecule has 1 amide bonds. The van der Waals surface area contributed by atoms with Crippen molar-refractivity contribution in [1.82, 2.24) is 0 Å². The van der Waals surface area contributed by atoms with Gasteiger partial charge in [0.2, 0.25) is 0 Å². The van der Waals surface area contributed by atoms with Gasteiger partial charge >= 0.3 is 0 Å². The minimum Gasteiger partial charge on any atom is -0.486 e. The van der Waals surface area contributed by atoms with E-state index in [1.54, 1.807) is 24.5 Å². The summed E-state index contributed by atoms with van der Waals surface area (Å²) in [7, 11) is 0. The summed E-state index contributed by atoms with van der Waals surface area (Å²) < 4.78 is 33.0.